The van der Waals surface area contributed by atoms with Crippen LogP contribution in [0.4, 0.5) is 0 Å². The molecule has 0 saturated heterocycles. The fourth-order valence-electron chi connectivity index (χ4n) is 4.90. The molecule has 1 N–H and O–H groups in total. The number of pyridine rings is 1. The van der Waals surface area contributed by atoms with E-state index in [4.69, 9.17) is 14.5 Å². The minimum Gasteiger partial charge on any atom is -0.493 e. The topological polar surface area (TPSA) is 72.8 Å². The highest BCUT2D eigenvalue weighted by Crippen LogP contribution is 2.35. The fourth-order valence-corrected chi connectivity index (χ4v) is 5.35. The van der Waals surface area contributed by atoms with Gasteiger partial charge < -0.3 is 9.47 Å². The first-order valence-electron chi connectivity index (χ1n) is 13.4. The van der Waals surface area contributed by atoms with Crippen molar-refractivity contribution >= 4 is 49.7 Å². The number of ether oxygens (including phenoxy) is 2. The molecule has 1 heterocycles. The van der Waals surface area contributed by atoms with Crippen molar-refractivity contribution in [3.05, 3.63) is 136 Å². The van der Waals surface area contributed by atoms with Gasteiger partial charge in [-0.2, -0.15) is 5.10 Å². The van der Waals surface area contributed by atoms with E-state index in [0.29, 0.717) is 34.9 Å². The third kappa shape index (κ3) is 5.73. The van der Waals surface area contributed by atoms with E-state index in [2.05, 4.69) is 44.7 Å². The molecule has 0 aliphatic heterocycles. The van der Waals surface area contributed by atoms with Gasteiger partial charge in [0.05, 0.1) is 30.1 Å². The summed E-state index contributed by atoms with van der Waals surface area (Å²) in [6.45, 7) is 0.331. The highest BCUT2D eigenvalue weighted by atomic mass is 79.9. The van der Waals surface area contributed by atoms with Gasteiger partial charge in [0.1, 0.15) is 6.61 Å². The van der Waals surface area contributed by atoms with Gasteiger partial charge in [-0.05, 0) is 40.6 Å². The van der Waals surface area contributed by atoms with Gasteiger partial charge in [0.25, 0.3) is 5.91 Å². The van der Waals surface area contributed by atoms with Crippen LogP contribution >= 0.6 is 15.9 Å². The molecule has 0 spiro atoms. The maximum atomic E-state index is 13.4. The highest BCUT2D eigenvalue weighted by molar-refractivity contribution is 9.10. The number of hydrazone groups is 1. The SMILES string of the molecule is COc1cc(Br)cc(/C=N\NC(=O)c2cc(-c3ccccc3)nc3ccccc23)c1OCc1cccc2ccccc12. The molecular weight excluding hydrogens is 590 g/mol. The van der Waals surface area contributed by atoms with Crippen LogP contribution < -0.4 is 14.9 Å². The van der Waals surface area contributed by atoms with Crippen LogP contribution in [0.15, 0.2) is 125 Å². The second-order valence-electron chi connectivity index (χ2n) is 9.59. The van der Waals surface area contributed by atoms with Crippen LogP contribution in [0.2, 0.25) is 0 Å². The van der Waals surface area contributed by atoms with E-state index in [1.165, 1.54) is 0 Å². The van der Waals surface area contributed by atoms with Gasteiger partial charge >= 0.3 is 0 Å². The summed E-state index contributed by atoms with van der Waals surface area (Å²) in [5.41, 5.74) is 7.24. The highest BCUT2D eigenvalue weighted by Gasteiger charge is 2.15. The van der Waals surface area contributed by atoms with Gasteiger partial charge in [0, 0.05) is 21.0 Å². The van der Waals surface area contributed by atoms with E-state index >= 15 is 0 Å². The molecule has 1 aromatic heterocycles. The van der Waals surface area contributed by atoms with Crippen molar-refractivity contribution in [2.45, 2.75) is 6.61 Å². The number of halogens is 1. The summed E-state index contributed by atoms with van der Waals surface area (Å²) in [6.07, 6.45) is 1.56. The average molecular weight is 617 g/mol. The lowest BCUT2D eigenvalue weighted by molar-refractivity contribution is 0.0956. The standard InChI is InChI=1S/C35H26BrN3O3/c1-41-33-19-27(36)18-26(34(33)42-22-25-14-9-13-23-10-5-6-15-28(23)25)21-37-39-35(40)30-20-32(24-11-3-2-4-12-24)38-31-17-8-7-16-29(30)31/h2-21H,22H2,1H3,(H,39,40)/b37-21-. The van der Waals surface area contributed by atoms with Gasteiger partial charge in [-0.1, -0.05) is 107 Å². The van der Waals surface area contributed by atoms with Crippen molar-refractivity contribution in [3.63, 3.8) is 0 Å². The summed E-state index contributed by atoms with van der Waals surface area (Å²) in [5.74, 6) is 0.722. The van der Waals surface area contributed by atoms with Crippen LogP contribution in [0.3, 0.4) is 0 Å². The number of hydrogen-bond donors (Lipinski definition) is 1. The summed E-state index contributed by atoms with van der Waals surface area (Å²) >= 11 is 3.54. The van der Waals surface area contributed by atoms with Gasteiger partial charge in [0.2, 0.25) is 0 Å². The molecule has 0 aliphatic carbocycles. The first kappa shape index (κ1) is 27.2. The van der Waals surface area contributed by atoms with E-state index in [-0.39, 0.29) is 5.91 Å². The van der Waals surface area contributed by atoms with Crippen molar-refractivity contribution in [2.24, 2.45) is 5.10 Å². The number of hydrogen-bond acceptors (Lipinski definition) is 5. The molecular formula is C35H26BrN3O3. The molecule has 6 aromatic rings. The molecule has 6 rings (SSSR count). The van der Waals surface area contributed by atoms with Crippen molar-refractivity contribution < 1.29 is 14.3 Å². The molecule has 0 fully saturated rings. The van der Waals surface area contributed by atoms with Crippen LogP contribution in [0, 0.1) is 0 Å². The number of nitrogens with zero attached hydrogens (tertiary/aromatic N) is 2. The largest absolute Gasteiger partial charge is 0.493 e. The first-order chi connectivity index (χ1) is 20.6. The molecule has 0 saturated carbocycles. The molecule has 0 aliphatic rings. The summed E-state index contributed by atoms with van der Waals surface area (Å²) in [6, 6.07) is 37.2. The van der Waals surface area contributed by atoms with E-state index in [9.17, 15) is 4.79 Å². The smallest absolute Gasteiger partial charge is 0.272 e. The average Bonchev–Trinajstić information content (AvgIpc) is 3.03. The second-order valence-corrected chi connectivity index (χ2v) is 10.5. The molecule has 0 radical (unpaired) electrons. The Labute approximate surface area is 251 Å². The Bertz CT molecular complexity index is 1930. The quantitative estimate of drug-likeness (QED) is 0.138. The normalized spacial score (nSPS) is 11.2. The fraction of sp³-hybridized carbons (Fsp3) is 0.0571. The van der Waals surface area contributed by atoms with Crippen LogP contribution in [0.1, 0.15) is 21.5 Å². The molecule has 42 heavy (non-hydrogen) atoms. The predicted molar refractivity (Wildman–Crippen MR) is 171 cm³/mol. The van der Waals surface area contributed by atoms with Gasteiger partial charge in [-0.25, -0.2) is 10.4 Å². The molecule has 6 nitrogen and oxygen atoms in total. The number of methoxy groups -OCH3 is 1. The number of rotatable bonds is 8. The third-order valence-electron chi connectivity index (χ3n) is 6.92. The molecule has 5 aromatic carbocycles. The lowest BCUT2D eigenvalue weighted by atomic mass is 10.0. The predicted octanol–water partition coefficient (Wildman–Crippen LogP) is 8.17. The zero-order valence-electron chi connectivity index (χ0n) is 22.8. The summed E-state index contributed by atoms with van der Waals surface area (Å²) in [7, 11) is 1.59. The zero-order valence-corrected chi connectivity index (χ0v) is 24.3. The molecule has 0 unspecified atom stereocenters. The molecule has 206 valence electrons. The number of aromatic nitrogens is 1. The minimum atomic E-state index is -0.345. The molecule has 0 atom stereocenters. The Morgan fingerprint density at radius 3 is 2.45 bits per heavy atom. The van der Waals surface area contributed by atoms with E-state index in [0.717, 1.165) is 37.3 Å². The minimum absolute atomic E-state index is 0.331. The van der Waals surface area contributed by atoms with E-state index < -0.39 is 0 Å². The Balaban J connectivity index is 1.28. The number of benzene rings is 5. The van der Waals surface area contributed by atoms with Crippen LogP contribution in [0.25, 0.3) is 32.9 Å². The molecule has 1 amide bonds. The van der Waals surface area contributed by atoms with Crippen LogP contribution in [0.5, 0.6) is 11.5 Å². The summed E-state index contributed by atoms with van der Waals surface area (Å²) < 4.78 is 12.7. The summed E-state index contributed by atoms with van der Waals surface area (Å²) in [4.78, 5) is 18.2. The Morgan fingerprint density at radius 2 is 1.62 bits per heavy atom. The number of para-hydroxylation sites is 1. The zero-order chi connectivity index (χ0) is 28.9. The van der Waals surface area contributed by atoms with Crippen LogP contribution in [-0.2, 0) is 6.61 Å². The molecule has 7 heteroatoms. The Morgan fingerprint density at radius 1 is 0.881 bits per heavy atom. The van der Waals surface area contributed by atoms with Gasteiger partial charge in [-0.3, -0.25) is 4.79 Å². The van der Waals surface area contributed by atoms with E-state index in [1.807, 2.05) is 91.0 Å². The lowest BCUT2D eigenvalue weighted by Crippen LogP contribution is -2.18. The second kappa shape index (κ2) is 12.2. The Kier molecular flexibility index (Phi) is 7.92. The first-order valence-corrected chi connectivity index (χ1v) is 14.2. The van der Waals surface area contributed by atoms with Crippen molar-refractivity contribution in [1.82, 2.24) is 10.4 Å². The maximum Gasteiger partial charge on any atom is 0.272 e. The number of amides is 1. The third-order valence-corrected chi connectivity index (χ3v) is 7.38. The van der Waals surface area contributed by atoms with Gasteiger partial charge in [0.15, 0.2) is 11.5 Å². The Hall–Kier alpha value is -5.01. The number of nitrogens with one attached hydrogen (secondary N) is 1. The summed E-state index contributed by atoms with van der Waals surface area (Å²) in [5, 5.41) is 7.32. The van der Waals surface area contributed by atoms with Crippen molar-refractivity contribution in [3.8, 4) is 22.8 Å². The maximum absolute atomic E-state index is 13.4. The number of carbonyl (C=O) groups is 1. The van der Waals surface area contributed by atoms with Crippen molar-refractivity contribution in [2.75, 3.05) is 7.11 Å². The van der Waals surface area contributed by atoms with Crippen molar-refractivity contribution in [1.29, 1.82) is 0 Å². The van der Waals surface area contributed by atoms with Gasteiger partial charge in [-0.15, -0.1) is 0 Å². The number of carbonyl (C=O) groups excluding carboxylic acids is 1. The number of fused-ring (bicyclic) bond motifs is 2. The molecule has 0 bridgehead atoms. The monoisotopic (exact) mass is 615 g/mol. The van der Waals surface area contributed by atoms with E-state index in [1.54, 1.807) is 19.4 Å². The lowest BCUT2D eigenvalue weighted by Gasteiger charge is -2.15. The van der Waals surface area contributed by atoms with Crippen LogP contribution in [-0.4, -0.2) is 24.2 Å².